The van der Waals surface area contributed by atoms with E-state index in [0.717, 1.165) is 32.8 Å². The van der Waals surface area contributed by atoms with Gasteiger partial charge in [-0.3, -0.25) is 4.90 Å². The SMILES string of the molecule is CC(C1CCOC1)N(CCO)CC1CCCN1. The summed E-state index contributed by atoms with van der Waals surface area (Å²) in [6.07, 6.45) is 3.73. The largest absolute Gasteiger partial charge is 0.395 e. The van der Waals surface area contributed by atoms with Crippen LogP contribution >= 0.6 is 0 Å². The van der Waals surface area contributed by atoms with Crippen molar-refractivity contribution >= 4 is 0 Å². The van der Waals surface area contributed by atoms with E-state index in [4.69, 9.17) is 4.74 Å². The van der Waals surface area contributed by atoms with Crippen LogP contribution in [0.15, 0.2) is 0 Å². The summed E-state index contributed by atoms with van der Waals surface area (Å²) >= 11 is 0. The van der Waals surface area contributed by atoms with Crippen LogP contribution in [0.4, 0.5) is 0 Å². The van der Waals surface area contributed by atoms with E-state index in [1.54, 1.807) is 0 Å². The van der Waals surface area contributed by atoms with Crippen molar-refractivity contribution in [2.24, 2.45) is 5.92 Å². The fourth-order valence-corrected chi connectivity index (χ4v) is 3.02. The molecule has 2 heterocycles. The van der Waals surface area contributed by atoms with Crippen molar-refractivity contribution in [1.29, 1.82) is 0 Å². The minimum Gasteiger partial charge on any atom is -0.395 e. The smallest absolute Gasteiger partial charge is 0.0558 e. The molecule has 0 aromatic rings. The van der Waals surface area contributed by atoms with Crippen molar-refractivity contribution in [2.45, 2.75) is 38.3 Å². The lowest BCUT2D eigenvalue weighted by molar-refractivity contribution is 0.101. The van der Waals surface area contributed by atoms with Gasteiger partial charge in [-0.1, -0.05) is 0 Å². The van der Waals surface area contributed by atoms with Crippen molar-refractivity contribution in [3.8, 4) is 0 Å². The van der Waals surface area contributed by atoms with Crippen LogP contribution in [-0.4, -0.2) is 61.5 Å². The lowest BCUT2D eigenvalue weighted by atomic mass is 9.98. The molecule has 0 aromatic heterocycles. The Balaban J connectivity index is 1.85. The van der Waals surface area contributed by atoms with Crippen LogP contribution in [0.2, 0.25) is 0 Å². The average Bonchev–Trinajstić information content (AvgIpc) is 3.00. The number of ether oxygens (including phenoxy) is 1. The molecule has 4 heteroatoms. The summed E-state index contributed by atoms with van der Waals surface area (Å²) in [6, 6.07) is 1.14. The Kier molecular flexibility index (Phi) is 5.22. The second-order valence-electron chi connectivity index (χ2n) is 5.38. The number of rotatable bonds is 6. The molecule has 0 radical (unpaired) electrons. The zero-order valence-electron chi connectivity index (χ0n) is 10.9. The van der Waals surface area contributed by atoms with E-state index in [-0.39, 0.29) is 6.61 Å². The standard InChI is InChI=1S/C13H26N2O2/c1-11(12-4-8-17-10-12)15(6-7-16)9-13-3-2-5-14-13/h11-14,16H,2-10H2,1H3. The normalized spacial score (nSPS) is 31.2. The van der Waals surface area contributed by atoms with Gasteiger partial charge in [0.25, 0.3) is 0 Å². The molecule has 0 saturated carbocycles. The number of nitrogens with zero attached hydrogens (tertiary/aromatic N) is 1. The lowest BCUT2D eigenvalue weighted by Gasteiger charge is -2.34. The summed E-state index contributed by atoms with van der Waals surface area (Å²) in [5, 5.41) is 12.7. The Morgan fingerprint density at radius 3 is 2.94 bits per heavy atom. The first kappa shape index (κ1) is 13.3. The molecule has 0 spiro atoms. The third-order valence-corrected chi connectivity index (χ3v) is 4.23. The maximum Gasteiger partial charge on any atom is 0.0558 e. The van der Waals surface area contributed by atoms with Crippen molar-refractivity contribution in [1.82, 2.24) is 10.2 Å². The molecular weight excluding hydrogens is 216 g/mol. The average molecular weight is 242 g/mol. The predicted octanol–water partition coefficient (Wildman–Crippen LogP) is 0.458. The van der Waals surface area contributed by atoms with E-state index in [1.165, 1.54) is 19.3 Å². The maximum absolute atomic E-state index is 9.21. The molecule has 4 nitrogen and oxygen atoms in total. The van der Waals surface area contributed by atoms with E-state index in [0.29, 0.717) is 18.0 Å². The molecular formula is C13H26N2O2. The van der Waals surface area contributed by atoms with Crippen LogP contribution in [0, 0.1) is 5.92 Å². The first-order chi connectivity index (χ1) is 8.31. The van der Waals surface area contributed by atoms with E-state index >= 15 is 0 Å². The van der Waals surface area contributed by atoms with Crippen molar-refractivity contribution in [3.63, 3.8) is 0 Å². The first-order valence-electron chi connectivity index (χ1n) is 6.97. The van der Waals surface area contributed by atoms with Gasteiger partial charge in [-0.2, -0.15) is 0 Å². The molecule has 0 aromatic carbocycles. The highest BCUT2D eigenvalue weighted by Gasteiger charge is 2.28. The van der Waals surface area contributed by atoms with E-state index in [9.17, 15) is 5.11 Å². The molecule has 3 atom stereocenters. The third kappa shape index (κ3) is 3.65. The molecule has 100 valence electrons. The Bertz CT molecular complexity index is 213. The molecule has 0 aliphatic carbocycles. The van der Waals surface area contributed by atoms with Gasteiger partial charge in [0, 0.05) is 31.8 Å². The zero-order valence-corrected chi connectivity index (χ0v) is 10.9. The summed E-state index contributed by atoms with van der Waals surface area (Å²) in [6.45, 7) is 7.34. The molecule has 17 heavy (non-hydrogen) atoms. The van der Waals surface area contributed by atoms with Crippen LogP contribution in [0.5, 0.6) is 0 Å². The summed E-state index contributed by atoms with van der Waals surface area (Å²) in [5.74, 6) is 0.642. The van der Waals surface area contributed by atoms with E-state index in [2.05, 4.69) is 17.1 Å². The van der Waals surface area contributed by atoms with Gasteiger partial charge >= 0.3 is 0 Å². The Hall–Kier alpha value is -0.160. The molecule has 2 aliphatic rings. The van der Waals surface area contributed by atoms with Gasteiger partial charge < -0.3 is 15.2 Å². The quantitative estimate of drug-likeness (QED) is 0.710. The molecule has 2 saturated heterocycles. The van der Waals surface area contributed by atoms with Gasteiger partial charge in [0.2, 0.25) is 0 Å². The highest BCUT2D eigenvalue weighted by molar-refractivity contribution is 4.84. The van der Waals surface area contributed by atoms with Crippen LogP contribution in [0.3, 0.4) is 0 Å². The molecule has 3 unspecified atom stereocenters. The maximum atomic E-state index is 9.21. The number of nitrogens with one attached hydrogen (secondary N) is 1. The van der Waals surface area contributed by atoms with Crippen LogP contribution in [-0.2, 0) is 4.74 Å². The van der Waals surface area contributed by atoms with Gasteiger partial charge in [0.1, 0.15) is 0 Å². The molecule has 0 bridgehead atoms. The van der Waals surface area contributed by atoms with Crippen molar-refractivity contribution in [3.05, 3.63) is 0 Å². The summed E-state index contributed by atoms with van der Waals surface area (Å²) < 4.78 is 5.47. The Labute approximate surface area is 104 Å². The predicted molar refractivity (Wildman–Crippen MR) is 68.1 cm³/mol. The van der Waals surface area contributed by atoms with Crippen LogP contribution < -0.4 is 5.32 Å². The lowest BCUT2D eigenvalue weighted by Crippen LogP contribution is -2.46. The fraction of sp³-hybridized carbons (Fsp3) is 1.00. The van der Waals surface area contributed by atoms with Crippen LogP contribution in [0.1, 0.15) is 26.2 Å². The third-order valence-electron chi connectivity index (χ3n) is 4.23. The highest BCUT2D eigenvalue weighted by atomic mass is 16.5. The molecule has 2 rings (SSSR count). The summed E-state index contributed by atoms with van der Waals surface area (Å²) in [5.41, 5.74) is 0. The van der Waals surface area contributed by atoms with Gasteiger partial charge in [-0.05, 0) is 38.6 Å². The number of aliphatic hydroxyl groups excluding tert-OH is 1. The Morgan fingerprint density at radius 2 is 2.35 bits per heavy atom. The van der Waals surface area contributed by atoms with Crippen molar-refractivity contribution in [2.75, 3.05) is 39.5 Å². The molecule has 2 fully saturated rings. The minimum absolute atomic E-state index is 0.255. The summed E-state index contributed by atoms with van der Waals surface area (Å²) in [7, 11) is 0. The molecule has 2 N–H and O–H groups in total. The second kappa shape index (κ2) is 6.69. The fourth-order valence-electron chi connectivity index (χ4n) is 3.02. The van der Waals surface area contributed by atoms with Gasteiger partial charge in [-0.15, -0.1) is 0 Å². The molecule has 2 aliphatic heterocycles. The zero-order chi connectivity index (χ0) is 12.1. The van der Waals surface area contributed by atoms with Crippen LogP contribution in [0.25, 0.3) is 0 Å². The highest BCUT2D eigenvalue weighted by Crippen LogP contribution is 2.21. The summed E-state index contributed by atoms with van der Waals surface area (Å²) in [4.78, 5) is 2.43. The van der Waals surface area contributed by atoms with Gasteiger partial charge in [0.05, 0.1) is 13.2 Å². The first-order valence-corrected chi connectivity index (χ1v) is 6.97. The van der Waals surface area contributed by atoms with E-state index < -0.39 is 0 Å². The number of hydrogen-bond acceptors (Lipinski definition) is 4. The van der Waals surface area contributed by atoms with Gasteiger partial charge in [0.15, 0.2) is 0 Å². The minimum atomic E-state index is 0.255. The van der Waals surface area contributed by atoms with Gasteiger partial charge in [-0.25, -0.2) is 0 Å². The number of aliphatic hydroxyl groups is 1. The Morgan fingerprint density at radius 1 is 1.47 bits per heavy atom. The number of hydrogen-bond donors (Lipinski definition) is 2. The topological polar surface area (TPSA) is 44.7 Å². The second-order valence-corrected chi connectivity index (χ2v) is 5.38. The van der Waals surface area contributed by atoms with Crippen molar-refractivity contribution < 1.29 is 9.84 Å². The monoisotopic (exact) mass is 242 g/mol. The van der Waals surface area contributed by atoms with E-state index in [1.807, 2.05) is 0 Å². The molecule has 0 amide bonds.